The van der Waals surface area contributed by atoms with Crippen LogP contribution in [-0.4, -0.2) is 23.6 Å². The van der Waals surface area contributed by atoms with Gasteiger partial charge in [0.15, 0.2) is 29.7 Å². The van der Waals surface area contributed by atoms with Crippen LogP contribution >= 0.6 is 0 Å². The van der Waals surface area contributed by atoms with Crippen LogP contribution in [0.2, 0.25) is 0 Å². The topological polar surface area (TPSA) is 21.5 Å². The minimum atomic E-state index is -0.922. The number of ether oxygens (including phenoxy) is 2. The van der Waals surface area contributed by atoms with Gasteiger partial charge < -0.3 is 21.9 Å². The van der Waals surface area contributed by atoms with Crippen molar-refractivity contribution in [2.75, 3.05) is 13.3 Å². The predicted molar refractivity (Wildman–Crippen MR) is 101 cm³/mol. The van der Waals surface area contributed by atoms with Crippen LogP contribution in [0.3, 0.4) is 0 Å². The summed E-state index contributed by atoms with van der Waals surface area (Å²) in [5, 5.41) is 0. The zero-order valence-corrected chi connectivity index (χ0v) is 16.6. The van der Waals surface area contributed by atoms with E-state index in [9.17, 15) is 13.2 Å². The Morgan fingerprint density at radius 2 is 1.60 bits per heavy atom. The van der Waals surface area contributed by atoms with Gasteiger partial charge in [0.05, 0.1) is 11.1 Å². The Kier molecular flexibility index (Phi) is 5.43. The SMILES string of the molecule is Fc1ccc(C2=[N+](Cc3ccccc3F)CCc3cc4c(cc32)OCO4)cc1F.[Cl-]. The molecule has 2 aliphatic heterocycles. The fourth-order valence-corrected chi connectivity index (χ4v) is 3.92. The van der Waals surface area contributed by atoms with Crippen molar-refractivity contribution in [3.05, 3.63) is 94.3 Å². The van der Waals surface area contributed by atoms with Gasteiger partial charge in [0, 0.05) is 12.0 Å². The molecule has 5 rings (SSSR count). The predicted octanol–water partition coefficient (Wildman–Crippen LogP) is 1.44. The number of rotatable bonds is 3. The van der Waals surface area contributed by atoms with Crippen LogP contribution in [0.1, 0.15) is 22.3 Å². The van der Waals surface area contributed by atoms with Crippen molar-refractivity contribution in [1.29, 1.82) is 0 Å². The fourth-order valence-electron chi connectivity index (χ4n) is 3.92. The van der Waals surface area contributed by atoms with Crippen LogP contribution < -0.4 is 21.9 Å². The number of hydrogen-bond acceptors (Lipinski definition) is 2. The first-order chi connectivity index (χ1) is 14.1. The average molecular weight is 432 g/mol. The Morgan fingerprint density at radius 3 is 2.37 bits per heavy atom. The molecule has 2 aliphatic rings. The van der Waals surface area contributed by atoms with Crippen LogP contribution in [0.5, 0.6) is 11.5 Å². The van der Waals surface area contributed by atoms with Crippen molar-refractivity contribution in [1.82, 2.24) is 0 Å². The summed E-state index contributed by atoms with van der Waals surface area (Å²) in [4.78, 5) is 0. The molecule has 0 bridgehead atoms. The molecule has 2 heterocycles. The van der Waals surface area contributed by atoms with Gasteiger partial charge in [-0.2, -0.15) is 0 Å². The molecule has 154 valence electrons. The van der Waals surface area contributed by atoms with Crippen molar-refractivity contribution in [3.63, 3.8) is 0 Å². The van der Waals surface area contributed by atoms with Crippen molar-refractivity contribution in [2.24, 2.45) is 0 Å². The first-order valence-corrected chi connectivity index (χ1v) is 9.34. The second kappa shape index (κ2) is 8.03. The summed E-state index contributed by atoms with van der Waals surface area (Å²) >= 11 is 0. The van der Waals surface area contributed by atoms with E-state index in [1.165, 1.54) is 12.1 Å². The summed E-state index contributed by atoms with van der Waals surface area (Å²) in [6, 6.07) is 14.2. The minimum Gasteiger partial charge on any atom is -1.00 e. The lowest BCUT2D eigenvalue weighted by molar-refractivity contribution is -0.544. The molecule has 0 radical (unpaired) electrons. The lowest BCUT2D eigenvalue weighted by atomic mass is 9.91. The Labute approximate surface area is 177 Å². The maximum Gasteiger partial charge on any atom is 0.231 e. The number of fused-ring (bicyclic) bond motifs is 2. The molecule has 0 fully saturated rings. The maximum absolute atomic E-state index is 14.3. The molecular weight excluding hydrogens is 415 g/mol. The smallest absolute Gasteiger partial charge is 0.231 e. The molecule has 30 heavy (non-hydrogen) atoms. The van der Waals surface area contributed by atoms with E-state index in [-0.39, 0.29) is 25.0 Å². The third-order valence-electron chi connectivity index (χ3n) is 5.33. The first kappa shape index (κ1) is 20.3. The number of benzene rings is 3. The van der Waals surface area contributed by atoms with Crippen LogP contribution in [-0.2, 0) is 13.0 Å². The summed E-state index contributed by atoms with van der Waals surface area (Å²) in [5.74, 6) is -0.841. The number of nitrogens with zero attached hydrogens (tertiary/aromatic N) is 1. The highest BCUT2D eigenvalue weighted by Crippen LogP contribution is 2.37. The molecule has 0 N–H and O–H groups in total. The Morgan fingerprint density at radius 1 is 0.833 bits per heavy atom. The van der Waals surface area contributed by atoms with Gasteiger partial charge >= 0.3 is 0 Å². The van der Waals surface area contributed by atoms with E-state index >= 15 is 0 Å². The van der Waals surface area contributed by atoms with Gasteiger partial charge in [-0.3, -0.25) is 0 Å². The third-order valence-corrected chi connectivity index (χ3v) is 5.33. The average Bonchev–Trinajstić information content (AvgIpc) is 3.17. The van der Waals surface area contributed by atoms with Gasteiger partial charge in [0.1, 0.15) is 12.4 Å². The summed E-state index contributed by atoms with van der Waals surface area (Å²) < 4.78 is 54.9. The highest BCUT2D eigenvalue weighted by Gasteiger charge is 2.31. The van der Waals surface area contributed by atoms with Crippen molar-refractivity contribution in [3.8, 4) is 11.5 Å². The summed E-state index contributed by atoms with van der Waals surface area (Å²) in [7, 11) is 0. The molecule has 0 amide bonds. The molecular formula is C23H17ClF3NO2. The zero-order chi connectivity index (χ0) is 20.0. The minimum absolute atomic E-state index is 0. The highest BCUT2D eigenvalue weighted by molar-refractivity contribution is 6.11. The molecule has 0 aliphatic carbocycles. The van der Waals surface area contributed by atoms with E-state index in [1.807, 2.05) is 16.7 Å². The van der Waals surface area contributed by atoms with Crippen molar-refractivity contribution in [2.45, 2.75) is 13.0 Å². The molecule has 0 saturated heterocycles. The largest absolute Gasteiger partial charge is 1.00 e. The number of halogens is 4. The van der Waals surface area contributed by atoms with Crippen LogP contribution in [0.15, 0.2) is 54.6 Å². The molecule has 0 spiro atoms. The standard InChI is InChI=1S/C23H17F3NO2.ClH/c24-18-4-2-1-3-16(18)12-27-8-7-14-10-21-22(29-13-28-21)11-17(14)23(27)15-5-6-19(25)20(26)9-15;/h1-6,9-11H,7-8,12-13H2;1H/q+1;/p-1. The van der Waals surface area contributed by atoms with Crippen LogP contribution in [0, 0.1) is 17.5 Å². The summed E-state index contributed by atoms with van der Waals surface area (Å²) in [5.41, 5.74) is 3.66. The Hall–Kier alpha value is -2.99. The zero-order valence-electron chi connectivity index (χ0n) is 15.8. The molecule has 7 heteroatoms. The maximum atomic E-state index is 14.3. The molecule has 0 unspecified atom stereocenters. The van der Waals surface area contributed by atoms with E-state index in [0.717, 1.165) is 17.2 Å². The molecule has 0 saturated carbocycles. The molecule has 3 aromatic carbocycles. The normalized spacial score (nSPS) is 14.4. The lowest BCUT2D eigenvalue weighted by Gasteiger charge is -2.20. The van der Waals surface area contributed by atoms with Gasteiger partial charge in [0.2, 0.25) is 12.5 Å². The molecule has 0 aromatic heterocycles. The van der Waals surface area contributed by atoms with E-state index in [4.69, 9.17) is 9.47 Å². The van der Waals surface area contributed by atoms with Crippen molar-refractivity contribution < 1.29 is 39.6 Å². The number of hydrogen-bond donors (Lipinski definition) is 0. The van der Waals surface area contributed by atoms with E-state index in [0.29, 0.717) is 47.8 Å². The summed E-state index contributed by atoms with van der Waals surface area (Å²) in [6.45, 7) is 1.07. The highest BCUT2D eigenvalue weighted by atomic mass is 35.5. The van der Waals surface area contributed by atoms with Gasteiger partial charge in [-0.05, 0) is 48.0 Å². The fraction of sp³-hybridized carbons (Fsp3) is 0.174. The van der Waals surface area contributed by atoms with Gasteiger partial charge in [-0.25, -0.2) is 17.7 Å². The van der Waals surface area contributed by atoms with E-state index < -0.39 is 11.6 Å². The van der Waals surface area contributed by atoms with Crippen LogP contribution in [0.25, 0.3) is 0 Å². The lowest BCUT2D eigenvalue weighted by Crippen LogP contribution is -3.00. The van der Waals surface area contributed by atoms with Crippen LogP contribution in [0.4, 0.5) is 13.2 Å². The quantitative estimate of drug-likeness (QED) is 0.585. The Bertz CT molecular complexity index is 1160. The van der Waals surface area contributed by atoms with Gasteiger partial charge in [-0.1, -0.05) is 12.1 Å². The van der Waals surface area contributed by atoms with E-state index in [2.05, 4.69) is 0 Å². The second-order valence-corrected chi connectivity index (χ2v) is 7.10. The monoisotopic (exact) mass is 431 g/mol. The third kappa shape index (κ3) is 3.52. The molecule has 3 aromatic rings. The second-order valence-electron chi connectivity index (χ2n) is 7.10. The van der Waals surface area contributed by atoms with Crippen molar-refractivity contribution >= 4 is 5.71 Å². The van der Waals surface area contributed by atoms with E-state index in [1.54, 1.807) is 24.3 Å². The summed E-state index contributed by atoms with van der Waals surface area (Å²) in [6.07, 6.45) is 0.716. The van der Waals surface area contributed by atoms with Gasteiger partial charge in [-0.15, -0.1) is 0 Å². The van der Waals surface area contributed by atoms with Gasteiger partial charge in [0.25, 0.3) is 0 Å². The first-order valence-electron chi connectivity index (χ1n) is 9.34. The molecule has 3 nitrogen and oxygen atoms in total. The molecule has 0 atom stereocenters. The Balaban J connectivity index is 0.00000218.